The topological polar surface area (TPSA) is 15.8 Å². The predicted molar refractivity (Wildman–Crippen MR) is 93.1 cm³/mol. The van der Waals surface area contributed by atoms with Gasteiger partial charge < -0.3 is 4.98 Å². The van der Waals surface area contributed by atoms with E-state index in [0.717, 1.165) is 6.42 Å². The molecule has 3 aromatic carbocycles. The van der Waals surface area contributed by atoms with Gasteiger partial charge in [-0.3, -0.25) is 0 Å². The summed E-state index contributed by atoms with van der Waals surface area (Å²) in [6.07, 6.45) is 2.96. The van der Waals surface area contributed by atoms with E-state index in [1.165, 1.54) is 22.4 Å². The second-order valence-corrected chi connectivity index (χ2v) is 5.17. The van der Waals surface area contributed by atoms with Crippen LogP contribution in [0.5, 0.6) is 0 Å². The fraction of sp³-hybridized carbons (Fsp3) is 0.0476. The van der Waals surface area contributed by atoms with Crippen LogP contribution in [-0.2, 0) is 23.5 Å². The molecule has 0 bridgehead atoms. The summed E-state index contributed by atoms with van der Waals surface area (Å²) in [4.78, 5) is 3.27. The van der Waals surface area contributed by atoms with E-state index in [2.05, 4.69) is 59.6 Å². The smallest absolute Gasteiger partial charge is 0.378 e. The molecular weight excluding hydrogens is 322 g/mol. The molecule has 0 spiro atoms. The Balaban J connectivity index is 0.000000276. The number of H-pyrrole nitrogens is 1. The van der Waals surface area contributed by atoms with E-state index in [-0.39, 0.29) is 17.1 Å². The van der Waals surface area contributed by atoms with E-state index in [1.807, 2.05) is 42.6 Å². The molecule has 23 heavy (non-hydrogen) atoms. The van der Waals surface area contributed by atoms with Gasteiger partial charge in [-0.25, -0.2) is 12.1 Å². The molecule has 1 aromatic heterocycles. The van der Waals surface area contributed by atoms with Crippen LogP contribution in [0.15, 0.2) is 97.2 Å². The molecule has 0 saturated carbocycles. The van der Waals surface area contributed by atoms with Gasteiger partial charge in [0.25, 0.3) is 0 Å². The van der Waals surface area contributed by atoms with Crippen LogP contribution in [0.4, 0.5) is 0 Å². The molecule has 1 heterocycles. The van der Waals surface area contributed by atoms with Gasteiger partial charge in [0.05, 0.1) is 0 Å². The molecule has 0 aliphatic heterocycles. The standard InChI is InChI=1S/C16H14N.C5H5.Fe/c1-2-6-13(7-3-1)12-14-8-4-9-15(14)16-10-5-11-17-16;1-2-4-5-3-1;/h1-11,17H,12H2;1-5H;/q2*-1;+2. The van der Waals surface area contributed by atoms with Gasteiger partial charge in [0.2, 0.25) is 0 Å². The maximum Gasteiger partial charge on any atom is 2.00 e. The molecule has 0 atom stereocenters. The minimum absolute atomic E-state index is 0. The van der Waals surface area contributed by atoms with Gasteiger partial charge in [-0.05, 0) is 23.9 Å². The molecule has 4 rings (SSSR count). The Morgan fingerprint density at radius 1 is 0.826 bits per heavy atom. The van der Waals surface area contributed by atoms with Crippen molar-refractivity contribution in [3.8, 4) is 11.3 Å². The van der Waals surface area contributed by atoms with Crippen LogP contribution in [0.2, 0.25) is 0 Å². The van der Waals surface area contributed by atoms with Crippen molar-refractivity contribution in [3.63, 3.8) is 0 Å². The summed E-state index contributed by atoms with van der Waals surface area (Å²) < 4.78 is 0. The third-order valence-electron chi connectivity index (χ3n) is 3.59. The molecule has 0 unspecified atom stereocenters. The number of nitrogens with one attached hydrogen (secondary N) is 1. The third-order valence-corrected chi connectivity index (χ3v) is 3.59. The largest absolute Gasteiger partial charge is 2.00 e. The van der Waals surface area contributed by atoms with Crippen LogP contribution in [-0.4, -0.2) is 4.98 Å². The summed E-state index contributed by atoms with van der Waals surface area (Å²) in [7, 11) is 0. The molecular formula is C21H19FeN. The number of hydrogen-bond donors (Lipinski definition) is 1. The Morgan fingerprint density at radius 2 is 1.61 bits per heavy atom. The maximum atomic E-state index is 3.27. The molecule has 0 amide bonds. The van der Waals surface area contributed by atoms with E-state index < -0.39 is 0 Å². The summed E-state index contributed by atoms with van der Waals surface area (Å²) in [6.45, 7) is 0. The fourth-order valence-corrected chi connectivity index (χ4v) is 2.51. The predicted octanol–water partition coefficient (Wildman–Crippen LogP) is 5.39. The first-order valence-corrected chi connectivity index (χ1v) is 7.52. The zero-order chi connectivity index (χ0) is 15.0. The molecule has 0 fully saturated rings. The second-order valence-electron chi connectivity index (χ2n) is 5.17. The Hall–Kier alpha value is -2.28. The fourth-order valence-electron chi connectivity index (χ4n) is 2.51. The number of rotatable bonds is 3. The van der Waals surface area contributed by atoms with Crippen molar-refractivity contribution in [2.45, 2.75) is 6.42 Å². The van der Waals surface area contributed by atoms with Crippen molar-refractivity contribution in [3.05, 3.63) is 108 Å². The molecule has 1 nitrogen and oxygen atoms in total. The minimum atomic E-state index is 0. The van der Waals surface area contributed by atoms with Crippen LogP contribution in [0.3, 0.4) is 0 Å². The number of benzene rings is 1. The van der Waals surface area contributed by atoms with Crippen molar-refractivity contribution in [2.24, 2.45) is 0 Å². The second kappa shape index (κ2) is 8.99. The third kappa shape index (κ3) is 4.85. The summed E-state index contributed by atoms with van der Waals surface area (Å²) in [5.74, 6) is 0. The zero-order valence-corrected chi connectivity index (χ0v) is 13.9. The van der Waals surface area contributed by atoms with E-state index in [0.29, 0.717) is 0 Å². The van der Waals surface area contributed by atoms with Crippen molar-refractivity contribution < 1.29 is 17.1 Å². The van der Waals surface area contributed by atoms with Crippen LogP contribution in [0.1, 0.15) is 11.1 Å². The molecule has 0 saturated heterocycles. The first kappa shape index (κ1) is 17.1. The Bertz CT molecular complexity index is 732. The Kier molecular flexibility index (Phi) is 6.68. The first-order valence-electron chi connectivity index (χ1n) is 7.52. The summed E-state index contributed by atoms with van der Waals surface area (Å²) >= 11 is 0. The van der Waals surface area contributed by atoms with Crippen LogP contribution >= 0.6 is 0 Å². The van der Waals surface area contributed by atoms with Crippen LogP contribution < -0.4 is 0 Å². The van der Waals surface area contributed by atoms with Gasteiger partial charge in [0.15, 0.2) is 0 Å². The number of aromatic nitrogens is 1. The van der Waals surface area contributed by atoms with E-state index in [4.69, 9.17) is 0 Å². The van der Waals surface area contributed by atoms with E-state index in [1.54, 1.807) is 0 Å². The molecule has 2 heteroatoms. The van der Waals surface area contributed by atoms with E-state index in [9.17, 15) is 0 Å². The first-order chi connectivity index (χ1) is 10.9. The van der Waals surface area contributed by atoms with Gasteiger partial charge in [-0.15, -0.1) is 17.7 Å². The Morgan fingerprint density at radius 3 is 2.22 bits per heavy atom. The molecule has 116 valence electrons. The van der Waals surface area contributed by atoms with Crippen molar-refractivity contribution in [2.75, 3.05) is 0 Å². The summed E-state index contributed by atoms with van der Waals surface area (Å²) in [5, 5.41) is 0. The van der Waals surface area contributed by atoms with Gasteiger partial charge in [0.1, 0.15) is 0 Å². The number of hydrogen-bond acceptors (Lipinski definition) is 0. The molecule has 0 aliphatic rings. The molecule has 4 aromatic rings. The maximum absolute atomic E-state index is 3.27. The average Bonchev–Trinajstić information content (AvgIpc) is 3.32. The monoisotopic (exact) mass is 341 g/mol. The van der Waals surface area contributed by atoms with E-state index >= 15 is 0 Å². The molecule has 0 radical (unpaired) electrons. The van der Waals surface area contributed by atoms with Gasteiger partial charge in [0, 0.05) is 0 Å². The summed E-state index contributed by atoms with van der Waals surface area (Å²) in [6, 6.07) is 31.2. The van der Waals surface area contributed by atoms with Crippen molar-refractivity contribution in [1.29, 1.82) is 0 Å². The van der Waals surface area contributed by atoms with Gasteiger partial charge >= 0.3 is 17.1 Å². The average molecular weight is 341 g/mol. The molecule has 0 aliphatic carbocycles. The van der Waals surface area contributed by atoms with Gasteiger partial charge in [-0.2, -0.15) is 30.3 Å². The van der Waals surface area contributed by atoms with Crippen molar-refractivity contribution in [1.82, 2.24) is 4.98 Å². The summed E-state index contributed by atoms with van der Waals surface area (Å²) in [5.41, 5.74) is 5.23. The Labute approximate surface area is 148 Å². The normalized spacial score (nSPS) is 9.57. The van der Waals surface area contributed by atoms with Crippen LogP contribution in [0.25, 0.3) is 11.3 Å². The molecule has 1 N–H and O–H groups in total. The zero-order valence-electron chi connectivity index (χ0n) is 12.8. The SMILES string of the molecule is [Fe+2].c1cc[cH-]c1.c1ccc(Cc2ccc[c-]2-c2ccc[nH]2)cc1. The van der Waals surface area contributed by atoms with Crippen molar-refractivity contribution >= 4 is 0 Å². The van der Waals surface area contributed by atoms with Crippen LogP contribution in [0, 0.1) is 0 Å². The van der Waals surface area contributed by atoms with Gasteiger partial charge in [-0.1, -0.05) is 42.0 Å². The minimum Gasteiger partial charge on any atom is -0.378 e. The quantitative estimate of drug-likeness (QED) is 0.380. The number of aromatic amines is 1.